The van der Waals surface area contributed by atoms with E-state index in [9.17, 15) is 13.6 Å². The molecule has 0 aromatic heterocycles. The average Bonchev–Trinajstić information content (AvgIpc) is 2.36. The standard InChI is InChI=1S/C12H15F2NO3/c13-11(14)6-10(7-16)15-12(17)18-8-9-4-2-1-3-5-9/h1-5,10-11,16H,6-8H2,(H,15,17). The van der Waals surface area contributed by atoms with Crippen LogP contribution in [0.25, 0.3) is 0 Å². The fourth-order valence-corrected chi connectivity index (χ4v) is 1.33. The van der Waals surface area contributed by atoms with E-state index in [4.69, 9.17) is 9.84 Å². The number of aliphatic hydroxyl groups is 1. The summed E-state index contributed by atoms with van der Waals surface area (Å²) >= 11 is 0. The SMILES string of the molecule is O=C(NC(CO)CC(F)F)OCc1ccccc1. The number of alkyl carbamates (subject to hydrolysis) is 1. The summed E-state index contributed by atoms with van der Waals surface area (Å²) in [5.41, 5.74) is 0.794. The molecule has 1 unspecified atom stereocenters. The highest BCUT2D eigenvalue weighted by Crippen LogP contribution is 2.05. The van der Waals surface area contributed by atoms with E-state index in [1.165, 1.54) is 0 Å². The van der Waals surface area contributed by atoms with E-state index in [1.54, 1.807) is 24.3 Å². The molecule has 2 N–H and O–H groups in total. The Morgan fingerprint density at radius 3 is 2.56 bits per heavy atom. The van der Waals surface area contributed by atoms with Crippen molar-refractivity contribution in [1.82, 2.24) is 5.32 Å². The van der Waals surface area contributed by atoms with Crippen LogP contribution < -0.4 is 5.32 Å². The van der Waals surface area contributed by atoms with Crippen LogP contribution in [-0.4, -0.2) is 30.3 Å². The van der Waals surface area contributed by atoms with E-state index in [0.717, 1.165) is 5.56 Å². The number of halogens is 2. The minimum absolute atomic E-state index is 0.0551. The van der Waals surface area contributed by atoms with Gasteiger partial charge in [0.1, 0.15) is 6.61 Å². The lowest BCUT2D eigenvalue weighted by Gasteiger charge is -2.15. The van der Waals surface area contributed by atoms with Gasteiger partial charge in [-0.1, -0.05) is 30.3 Å². The number of amides is 1. The number of benzene rings is 1. The fraction of sp³-hybridized carbons (Fsp3) is 0.417. The predicted octanol–water partition coefficient (Wildman–Crippen LogP) is 1.93. The summed E-state index contributed by atoms with van der Waals surface area (Å²) in [6, 6.07) is 7.97. The van der Waals surface area contributed by atoms with Crippen LogP contribution in [0.15, 0.2) is 30.3 Å². The molecule has 1 amide bonds. The first-order chi connectivity index (χ1) is 8.61. The zero-order valence-electron chi connectivity index (χ0n) is 9.68. The molecule has 0 aliphatic heterocycles. The van der Waals surface area contributed by atoms with Crippen molar-refractivity contribution in [2.75, 3.05) is 6.61 Å². The number of nitrogens with one attached hydrogen (secondary N) is 1. The Labute approximate surface area is 104 Å². The van der Waals surface area contributed by atoms with Gasteiger partial charge in [-0.25, -0.2) is 13.6 Å². The largest absolute Gasteiger partial charge is 0.445 e. The summed E-state index contributed by atoms with van der Waals surface area (Å²) in [5.74, 6) is 0. The second-order valence-electron chi connectivity index (χ2n) is 3.71. The van der Waals surface area contributed by atoms with Crippen molar-refractivity contribution in [1.29, 1.82) is 0 Å². The summed E-state index contributed by atoms with van der Waals surface area (Å²) in [7, 11) is 0. The Morgan fingerprint density at radius 1 is 1.33 bits per heavy atom. The molecule has 0 saturated heterocycles. The second kappa shape index (κ2) is 7.60. The maximum absolute atomic E-state index is 12.1. The number of carbonyl (C=O) groups is 1. The number of hydrogen-bond acceptors (Lipinski definition) is 3. The molecule has 0 aliphatic carbocycles. The summed E-state index contributed by atoms with van der Waals surface area (Å²) in [6.45, 7) is -0.496. The van der Waals surface area contributed by atoms with E-state index < -0.39 is 31.6 Å². The van der Waals surface area contributed by atoms with Crippen molar-refractivity contribution in [2.45, 2.75) is 25.5 Å². The summed E-state index contributed by atoms with van der Waals surface area (Å²) in [6.07, 6.45) is -4.01. The van der Waals surface area contributed by atoms with Gasteiger partial charge in [-0.15, -0.1) is 0 Å². The van der Waals surface area contributed by atoms with Crippen LogP contribution in [0, 0.1) is 0 Å². The number of hydrogen-bond donors (Lipinski definition) is 2. The van der Waals surface area contributed by atoms with Crippen molar-refractivity contribution in [3.63, 3.8) is 0 Å². The first-order valence-corrected chi connectivity index (χ1v) is 5.48. The molecule has 0 spiro atoms. The lowest BCUT2D eigenvalue weighted by molar-refractivity contribution is 0.0936. The molecule has 0 saturated carbocycles. The highest BCUT2D eigenvalue weighted by Gasteiger charge is 2.17. The Morgan fingerprint density at radius 2 is 2.00 bits per heavy atom. The van der Waals surface area contributed by atoms with Gasteiger partial charge in [0.05, 0.1) is 12.6 Å². The molecule has 0 bridgehead atoms. The lowest BCUT2D eigenvalue weighted by Crippen LogP contribution is -2.39. The Balaban J connectivity index is 2.32. The Bertz CT molecular complexity index is 360. The van der Waals surface area contributed by atoms with Crippen LogP contribution in [0.2, 0.25) is 0 Å². The minimum Gasteiger partial charge on any atom is -0.445 e. The molecular formula is C12H15F2NO3. The van der Waals surface area contributed by atoms with Crippen molar-refractivity contribution >= 4 is 6.09 Å². The van der Waals surface area contributed by atoms with Crippen LogP contribution >= 0.6 is 0 Å². The number of rotatable bonds is 6. The van der Waals surface area contributed by atoms with Crippen molar-refractivity contribution in [3.8, 4) is 0 Å². The quantitative estimate of drug-likeness (QED) is 0.820. The topological polar surface area (TPSA) is 58.6 Å². The van der Waals surface area contributed by atoms with E-state index in [0.29, 0.717) is 0 Å². The first-order valence-electron chi connectivity index (χ1n) is 5.48. The highest BCUT2D eigenvalue weighted by atomic mass is 19.3. The van der Waals surface area contributed by atoms with Crippen molar-refractivity contribution in [3.05, 3.63) is 35.9 Å². The number of ether oxygens (including phenoxy) is 1. The maximum Gasteiger partial charge on any atom is 0.407 e. The molecule has 1 aromatic carbocycles. The third-order valence-electron chi connectivity index (χ3n) is 2.22. The van der Waals surface area contributed by atoms with Gasteiger partial charge in [-0.2, -0.15) is 0 Å². The van der Waals surface area contributed by atoms with Crippen molar-refractivity contribution < 1.29 is 23.4 Å². The van der Waals surface area contributed by atoms with Gasteiger partial charge in [0.25, 0.3) is 0 Å². The van der Waals surface area contributed by atoms with Gasteiger partial charge < -0.3 is 15.2 Å². The number of alkyl halides is 2. The number of carbonyl (C=O) groups excluding carboxylic acids is 1. The van der Waals surface area contributed by atoms with E-state index >= 15 is 0 Å². The summed E-state index contributed by atoms with van der Waals surface area (Å²) in [4.78, 5) is 11.3. The Hall–Kier alpha value is -1.69. The molecule has 0 fully saturated rings. The molecule has 1 rings (SSSR count). The molecule has 18 heavy (non-hydrogen) atoms. The summed E-state index contributed by atoms with van der Waals surface area (Å²) < 4.78 is 29.0. The van der Waals surface area contributed by atoms with Crippen LogP contribution in [0.5, 0.6) is 0 Å². The predicted molar refractivity (Wildman–Crippen MR) is 61.3 cm³/mol. The monoisotopic (exact) mass is 259 g/mol. The van der Waals surface area contributed by atoms with E-state index in [2.05, 4.69) is 5.32 Å². The zero-order valence-corrected chi connectivity index (χ0v) is 9.68. The molecule has 0 heterocycles. The third-order valence-corrected chi connectivity index (χ3v) is 2.22. The van der Waals surface area contributed by atoms with Gasteiger partial charge >= 0.3 is 6.09 Å². The number of aliphatic hydroxyl groups excluding tert-OH is 1. The fourth-order valence-electron chi connectivity index (χ4n) is 1.33. The highest BCUT2D eigenvalue weighted by molar-refractivity contribution is 5.67. The van der Waals surface area contributed by atoms with Gasteiger partial charge in [-0.3, -0.25) is 0 Å². The van der Waals surface area contributed by atoms with Crippen LogP contribution in [0.3, 0.4) is 0 Å². The molecular weight excluding hydrogens is 244 g/mol. The molecule has 0 radical (unpaired) electrons. The zero-order chi connectivity index (χ0) is 13.4. The lowest BCUT2D eigenvalue weighted by atomic mass is 10.2. The van der Waals surface area contributed by atoms with Crippen LogP contribution in [0.1, 0.15) is 12.0 Å². The molecule has 4 nitrogen and oxygen atoms in total. The molecule has 0 aliphatic rings. The molecule has 100 valence electrons. The van der Waals surface area contributed by atoms with Crippen LogP contribution in [-0.2, 0) is 11.3 Å². The van der Waals surface area contributed by atoms with Gasteiger partial charge in [0.2, 0.25) is 6.43 Å². The second-order valence-corrected chi connectivity index (χ2v) is 3.71. The van der Waals surface area contributed by atoms with Crippen molar-refractivity contribution in [2.24, 2.45) is 0 Å². The Kier molecular flexibility index (Phi) is 6.07. The normalized spacial score (nSPS) is 12.2. The minimum atomic E-state index is -2.59. The van der Waals surface area contributed by atoms with Gasteiger partial charge in [0, 0.05) is 6.42 Å². The van der Waals surface area contributed by atoms with Gasteiger partial charge in [0.15, 0.2) is 0 Å². The van der Waals surface area contributed by atoms with Crippen LogP contribution in [0.4, 0.5) is 13.6 Å². The van der Waals surface area contributed by atoms with E-state index in [-0.39, 0.29) is 6.61 Å². The average molecular weight is 259 g/mol. The first kappa shape index (κ1) is 14.4. The smallest absolute Gasteiger partial charge is 0.407 e. The van der Waals surface area contributed by atoms with E-state index in [1.807, 2.05) is 6.07 Å². The molecule has 1 atom stereocenters. The molecule has 1 aromatic rings. The summed E-state index contributed by atoms with van der Waals surface area (Å²) in [5, 5.41) is 11.0. The maximum atomic E-state index is 12.1. The molecule has 6 heteroatoms. The van der Waals surface area contributed by atoms with Gasteiger partial charge in [-0.05, 0) is 5.56 Å². The third kappa shape index (κ3) is 5.58.